The Labute approximate surface area is 132 Å². The molecule has 4 heteroatoms. The van der Waals surface area contributed by atoms with Gasteiger partial charge >= 0.3 is 0 Å². The quantitative estimate of drug-likeness (QED) is 0.806. The summed E-state index contributed by atoms with van der Waals surface area (Å²) in [6, 6.07) is 7.95. The number of hydrogen-bond donors (Lipinski definition) is 2. The number of ether oxygens (including phenoxy) is 1. The Bertz CT molecular complexity index is 421. The molecule has 0 saturated heterocycles. The van der Waals surface area contributed by atoms with Gasteiger partial charge in [0.15, 0.2) is 0 Å². The second kappa shape index (κ2) is 8.74. The van der Waals surface area contributed by atoms with E-state index in [1.807, 2.05) is 24.3 Å². The van der Waals surface area contributed by atoms with Crippen LogP contribution in [0.4, 0.5) is 0 Å². The van der Waals surface area contributed by atoms with Crippen molar-refractivity contribution in [2.45, 2.75) is 57.3 Å². The van der Waals surface area contributed by atoms with E-state index < -0.39 is 6.10 Å². The Morgan fingerprint density at radius 3 is 2.81 bits per heavy atom. The summed E-state index contributed by atoms with van der Waals surface area (Å²) in [6.07, 6.45) is 5.99. The van der Waals surface area contributed by atoms with Gasteiger partial charge in [0, 0.05) is 17.6 Å². The zero-order chi connectivity index (χ0) is 15.1. The lowest BCUT2D eigenvalue weighted by Gasteiger charge is -2.24. The van der Waals surface area contributed by atoms with Gasteiger partial charge in [-0.15, -0.1) is 0 Å². The van der Waals surface area contributed by atoms with Crippen molar-refractivity contribution in [2.75, 3.05) is 13.2 Å². The Kier molecular flexibility index (Phi) is 6.97. The summed E-state index contributed by atoms with van der Waals surface area (Å²) in [6.45, 7) is 3.01. The van der Waals surface area contributed by atoms with Crippen molar-refractivity contribution in [3.05, 3.63) is 34.9 Å². The van der Waals surface area contributed by atoms with Gasteiger partial charge < -0.3 is 15.2 Å². The lowest BCUT2D eigenvalue weighted by Crippen LogP contribution is -2.33. The Morgan fingerprint density at radius 2 is 2.10 bits per heavy atom. The van der Waals surface area contributed by atoms with Gasteiger partial charge in [-0.25, -0.2) is 0 Å². The molecule has 1 aromatic rings. The van der Waals surface area contributed by atoms with Gasteiger partial charge in [-0.2, -0.15) is 0 Å². The SMILES string of the molecule is C[C@@H](NCC(O)COC1CCCCC1)c1cccc(Cl)c1. The van der Waals surface area contributed by atoms with Gasteiger partial charge in [-0.1, -0.05) is 43.0 Å². The minimum atomic E-state index is -0.464. The fourth-order valence-corrected chi connectivity index (χ4v) is 2.94. The van der Waals surface area contributed by atoms with Crippen LogP contribution in [0, 0.1) is 0 Å². The molecule has 0 radical (unpaired) electrons. The van der Waals surface area contributed by atoms with Gasteiger partial charge in [0.1, 0.15) is 0 Å². The Morgan fingerprint density at radius 1 is 1.33 bits per heavy atom. The minimum Gasteiger partial charge on any atom is -0.389 e. The maximum atomic E-state index is 10.0. The van der Waals surface area contributed by atoms with Crippen LogP contribution in [0.3, 0.4) is 0 Å². The molecule has 0 heterocycles. The highest BCUT2D eigenvalue weighted by atomic mass is 35.5. The molecule has 0 aromatic heterocycles. The van der Waals surface area contributed by atoms with Crippen LogP contribution in [0.15, 0.2) is 24.3 Å². The van der Waals surface area contributed by atoms with Gasteiger partial charge in [0.25, 0.3) is 0 Å². The highest BCUT2D eigenvalue weighted by molar-refractivity contribution is 6.30. The lowest BCUT2D eigenvalue weighted by molar-refractivity contribution is -0.0235. The second-order valence-corrected chi connectivity index (χ2v) is 6.37. The third-order valence-corrected chi connectivity index (χ3v) is 4.32. The predicted molar refractivity (Wildman–Crippen MR) is 86.7 cm³/mol. The second-order valence-electron chi connectivity index (χ2n) is 5.93. The molecule has 0 amide bonds. The third kappa shape index (κ3) is 5.95. The van der Waals surface area contributed by atoms with Gasteiger partial charge in [-0.05, 0) is 37.5 Å². The number of benzene rings is 1. The largest absolute Gasteiger partial charge is 0.389 e. The summed E-state index contributed by atoms with van der Waals surface area (Å²) in [5.74, 6) is 0. The average Bonchev–Trinajstić information content (AvgIpc) is 2.51. The fraction of sp³-hybridized carbons (Fsp3) is 0.647. The van der Waals surface area contributed by atoms with Crippen molar-refractivity contribution in [1.82, 2.24) is 5.32 Å². The average molecular weight is 312 g/mol. The molecule has 2 rings (SSSR count). The summed E-state index contributed by atoms with van der Waals surface area (Å²) >= 11 is 5.99. The van der Waals surface area contributed by atoms with Crippen LogP contribution in [-0.2, 0) is 4.74 Å². The van der Waals surface area contributed by atoms with Crippen molar-refractivity contribution < 1.29 is 9.84 Å². The summed E-state index contributed by atoms with van der Waals surface area (Å²) < 4.78 is 5.79. The number of aliphatic hydroxyl groups is 1. The first kappa shape index (κ1) is 16.8. The first-order chi connectivity index (χ1) is 10.1. The molecular weight excluding hydrogens is 286 g/mol. The summed E-state index contributed by atoms with van der Waals surface area (Å²) in [5.41, 5.74) is 1.13. The van der Waals surface area contributed by atoms with Crippen LogP contribution < -0.4 is 5.32 Å². The standard InChI is InChI=1S/C17H26ClNO2/c1-13(14-6-5-7-15(18)10-14)19-11-16(20)12-21-17-8-3-2-4-9-17/h5-7,10,13,16-17,19-20H,2-4,8-9,11-12H2,1H3/t13-,16?/m1/s1. The number of nitrogens with one attached hydrogen (secondary N) is 1. The van der Waals surface area contributed by atoms with E-state index in [9.17, 15) is 5.11 Å². The van der Waals surface area contributed by atoms with Gasteiger partial charge in [0.05, 0.1) is 18.8 Å². The van der Waals surface area contributed by atoms with E-state index in [1.165, 1.54) is 19.3 Å². The summed E-state index contributed by atoms with van der Waals surface area (Å²) in [5, 5.41) is 14.1. The van der Waals surface area contributed by atoms with E-state index in [0.29, 0.717) is 19.3 Å². The molecule has 0 aliphatic heterocycles. The third-order valence-electron chi connectivity index (χ3n) is 4.08. The monoisotopic (exact) mass is 311 g/mol. The maximum absolute atomic E-state index is 10.0. The van der Waals surface area contributed by atoms with Crippen LogP contribution in [-0.4, -0.2) is 30.5 Å². The van der Waals surface area contributed by atoms with E-state index in [-0.39, 0.29) is 6.04 Å². The molecule has 21 heavy (non-hydrogen) atoms. The minimum absolute atomic E-state index is 0.160. The fourth-order valence-electron chi connectivity index (χ4n) is 2.74. The predicted octanol–water partition coefficient (Wildman–Crippen LogP) is 3.70. The number of hydrogen-bond acceptors (Lipinski definition) is 3. The molecule has 1 aromatic carbocycles. The smallest absolute Gasteiger partial charge is 0.0898 e. The Hall–Kier alpha value is -0.610. The lowest BCUT2D eigenvalue weighted by atomic mass is 9.98. The number of halogens is 1. The molecule has 1 fully saturated rings. The topological polar surface area (TPSA) is 41.5 Å². The zero-order valence-corrected chi connectivity index (χ0v) is 13.5. The normalized spacial score (nSPS) is 19.4. The molecule has 0 spiro atoms. The first-order valence-corrected chi connectivity index (χ1v) is 8.31. The molecule has 1 saturated carbocycles. The van der Waals surface area contributed by atoms with E-state index in [0.717, 1.165) is 23.4 Å². The van der Waals surface area contributed by atoms with E-state index >= 15 is 0 Å². The molecule has 1 aliphatic rings. The van der Waals surface area contributed by atoms with Crippen molar-refractivity contribution >= 4 is 11.6 Å². The van der Waals surface area contributed by atoms with Crippen molar-refractivity contribution in [1.29, 1.82) is 0 Å². The van der Waals surface area contributed by atoms with Crippen LogP contribution in [0.5, 0.6) is 0 Å². The maximum Gasteiger partial charge on any atom is 0.0898 e. The molecular formula is C17H26ClNO2. The zero-order valence-electron chi connectivity index (χ0n) is 12.7. The van der Waals surface area contributed by atoms with E-state index in [4.69, 9.17) is 16.3 Å². The number of aliphatic hydroxyl groups excluding tert-OH is 1. The van der Waals surface area contributed by atoms with Crippen molar-refractivity contribution in [3.63, 3.8) is 0 Å². The molecule has 118 valence electrons. The molecule has 1 aliphatic carbocycles. The molecule has 2 atom stereocenters. The Balaban J connectivity index is 1.67. The molecule has 2 N–H and O–H groups in total. The van der Waals surface area contributed by atoms with Crippen LogP contribution in [0.25, 0.3) is 0 Å². The van der Waals surface area contributed by atoms with Gasteiger partial charge in [-0.3, -0.25) is 0 Å². The highest BCUT2D eigenvalue weighted by Gasteiger charge is 2.16. The van der Waals surface area contributed by atoms with Crippen molar-refractivity contribution in [2.24, 2.45) is 0 Å². The summed E-state index contributed by atoms with van der Waals surface area (Å²) in [7, 11) is 0. The van der Waals surface area contributed by atoms with Gasteiger partial charge in [0.2, 0.25) is 0 Å². The summed E-state index contributed by atoms with van der Waals surface area (Å²) in [4.78, 5) is 0. The molecule has 0 bridgehead atoms. The number of rotatable bonds is 7. The van der Waals surface area contributed by atoms with E-state index in [2.05, 4.69) is 12.2 Å². The highest BCUT2D eigenvalue weighted by Crippen LogP contribution is 2.20. The van der Waals surface area contributed by atoms with Crippen LogP contribution in [0.1, 0.15) is 50.6 Å². The molecule has 3 nitrogen and oxygen atoms in total. The van der Waals surface area contributed by atoms with Crippen LogP contribution >= 0.6 is 11.6 Å². The van der Waals surface area contributed by atoms with Crippen LogP contribution in [0.2, 0.25) is 5.02 Å². The molecule has 1 unspecified atom stereocenters. The van der Waals surface area contributed by atoms with Crippen molar-refractivity contribution in [3.8, 4) is 0 Å². The van der Waals surface area contributed by atoms with E-state index in [1.54, 1.807) is 0 Å². The first-order valence-electron chi connectivity index (χ1n) is 7.93.